The molecule has 0 N–H and O–H groups in total. The van der Waals surface area contributed by atoms with Crippen molar-refractivity contribution in [2.75, 3.05) is 0 Å². The molecule has 102 valence electrons. The molecule has 4 heteroatoms. The summed E-state index contributed by atoms with van der Waals surface area (Å²) in [5.74, 6) is -0.0964. The van der Waals surface area contributed by atoms with E-state index in [1.807, 2.05) is 38.1 Å². The third-order valence-corrected chi connectivity index (χ3v) is 3.02. The Morgan fingerprint density at radius 1 is 1.10 bits per heavy atom. The van der Waals surface area contributed by atoms with Crippen molar-refractivity contribution in [1.29, 1.82) is 5.26 Å². The average Bonchev–Trinajstić information content (AvgIpc) is 2.41. The van der Waals surface area contributed by atoms with E-state index in [-0.39, 0.29) is 11.3 Å². The van der Waals surface area contributed by atoms with Crippen molar-refractivity contribution >= 4 is 0 Å². The molecule has 0 bridgehead atoms. The lowest BCUT2D eigenvalue weighted by Gasteiger charge is -2.11. The second-order valence-corrected chi connectivity index (χ2v) is 4.52. The molecule has 2 aromatic rings. The number of ether oxygens (including phenoxy) is 1. The Hall–Kier alpha value is -2.41. The smallest absolute Gasteiger partial charge is 0.387 e. The van der Waals surface area contributed by atoms with Gasteiger partial charge in [0.05, 0.1) is 5.56 Å². The van der Waals surface area contributed by atoms with Crippen LogP contribution in [0, 0.1) is 25.2 Å². The fourth-order valence-electron chi connectivity index (χ4n) is 2.02. The van der Waals surface area contributed by atoms with Gasteiger partial charge in [-0.3, -0.25) is 0 Å². The van der Waals surface area contributed by atoms with E-state index < -0.39 is 6.61 Å². The summed E-state index contributed by atoms with van der Waals surface area (Å²) in [6.45, 7) is 0.958. The normalized spacial score (nSPS) is 10.4. The van der Waals surface area contributed by atoms with E-state index in [2.05, 4.69) is 4.74 Å². The predicted octanol–water partition coefficient (Wildman–Crippen LogP) is 4.44. The fraction of sp³-hybridized carbons (Fsp3) is 0.188. The van der Waals surface area contributed by atoms with Gasteiger partial charge < -0.3 is 4.74 Å². The van der Waals surface area contributed by atoms with Gasteiger partial charge in [0, 0.05) is 0 Å². The number of benzene rings is 2. The molecule has 0 amide bonds. The number of alkyl halides is 2. The third kappa shape index (κ3) is 2.94. The molecule has 0 aliphatic rings. The first kappa shape index (κ1) is 14.0. The summed E-state index contributed by atoms with van der Waals surface area (Å²) in [6, 6.07) is 12.5. The number of rotatable bonds is 3. The highest BCUT2D eigenvalue weighted by Crippen LogP contribution is 2.30. The number of aryl methyl sites for hydroxylation is 2. The molecule has 0 spiro atoms. The summed E-state index contributed by atoms with van der Waals surface area (Å²) in [5, 5.41) is 8.92. The first-order valence-corrected chi connectivity index (χ1v) is 6.08. The maximum absolute atomic E-state index is 12.4. The topological polar surface area (TPSA) is 33.0 Å². The maximum atomic E-state index is 12.4. The van der Waals surface area contributed by atoms with Crippen LogP contribution in [0.5, 0.6) is 5.75 Å². The fourth-order valence-corrected chi connectivity index (χ4v) is 2.02. The summed E-state index contributed by atoms with van der Waals surface area (Å²) in [5.41, 5.74) is 3.89. The van der Waals surface area contributed by atoms with Crippen LogP contribution in [0.2, 0.25) is 0 Å². The van der Waals surface area contributed by atoms with Gasteiger partial charge in [-0.05, 0) is 42.7 Å². The Bertz CT molecular complexity index is 675. The van der Waals surface area contributed by atoms with Crippen molar-refractivity contribution in [3.8, 4) is 22.9 Å². The Morgan fingerprint density at radius 3 is 2.50 bits per heavy atom. The van der Waals surface area contributed by atoms with Crippen molar-refractivity contribution in [3.63, 3.8) is 0 Å². The second kappa shape index (κ2) is 5.70. The average molecular weight is 273 g/mol. The third-order valence-electron chi connectivity index (χ3n) is 3.02. The van der Waals surface area contributed by atoms with Crippen LogP contribution in [0.25, 0.3) is 11.1 Å². The number of nitrogens with zero attached hydrogens (tertiary/aromatic N) is 1. The molecule has 2 rings (SSSR count). The summed E-state index contributed by atoms with van der Waals surface area (Å²) in [4.78, 5) is 0. The van der Waals surface area contributed by atoms with Gasteiger partial charge in [-0.1, -0.05) is 29.8 Å². The molecule has 0 fully saturated rings. The van der Waals surface area contributed by atoms with E-state index in [9.17, 15) is 8.78 Å². The van der Waals surface area contributed by atoms with Crippen molar-refractivity contribution < 1.29 is 13.5 Å². The number of nitriles is 1. The quantitative estimate of drug-likeness (QED) is 0.828. The standard InChI is InChI=1S/C16H13F2NO/c1-10-3-4-11(2)14(7-10)12-5-6-13(9-19)15(8-12)20-16(17)18/h3-8,16H,1-2H3. The van der Waals surface area contributed by atoms with Gasteiger partial charge in [0.15, 0.2) is 0 Å². The van der Waals surface area contributed by atoms with Crippen LogP contribution in [0.3, 0.4) is 0 Å². The van der Waals surface area contributed by atoms with E-state index in [0.29, 0.717) is 0 Å². The molecule has 0 radical (unpaired) electrons. The largest absolute Gasteiger partial charge is 0.433 e. The highest BCUT2D eigenvalue weighted by atomic mass is 19.3. The van der Waals surface area contributed by atoms with E-state index in [1.54, 1.807) is 6.07 Å². The highest BCUT2D eigenvalue weighted by Gasteiger charge is 2.12. The molecule has 0 atom stereocenters. The van der Waals surface area contributed by atoms with Crippen LogP contribution in [-0.2, 0) is 0 Å². The number of hydrogen-bond acceptors (Lipinski definition) is 2. The van der Waals surface area contributed by atoms with Gasteiger partial charge >= 0.3 is 6.61 Å². The van der Waals surface area contributed by atoms with Gasteiger partial charge in [-0.15, -0.1) is 0 Å². The molecule has 20 heavy (non-hydrogen) atoms. The molecule has 0 aliphatic heterocycles. The molecule has 2 aromatic carbocycles. The van der Waals surface area contributed by atoms with Crippen molar-refractivity contribution in [2.45, 2.75) is 20.5 Å². The zero-order valence-electron chi connectivity index (χ0n) is 11.2. The Kier molecular flexibility index (Phi) is 3.99. The monoisotopic (exact) mass is 273 g/mol. The molecule has 0 unspecified atom stereocenters. The van der Waals surface area contributed by atoms with Crippen LogP contribution < -0.4 is 4.74 Å². The second-order valence-electron chi connectivity index (χ2n) is 4.52. The summed E-state index contributed by atoms with van der Waals surface area (Å²) in [6.07, 6.45) is 0. The first-order chi connectivity index (χ1) is 9.51. The minimum absolute atomic E-state index is 0.0964. The van der Waals surface area contributed by atoms with Gasteiger partial charge in [0.2, 0.25) is 0 Å². The van der Waals surface area contributed by atoms with Crippen molar-refractivity contribution in [3.05, 3.63) is 53.1 Å². The molecule has 0 saturated heterocycles. The van der Waals surface area contributed by atoms with Crippen LogP contribution in [0.15, 0.2) is 36.4 Å². The lowest BCUT2D eigenvalue weighted by atomic mass is 9.97. The van der Waals surface area contributed by atoms with Gasteiger partial charge in [0.25, 0.3) is 0 Å². The Labute approximate surface area is 116 Å². The molecular formula is C16H13F2NO. The minimum atomic E-state index is -2.95. The number of halogens is 2. The molecular weight excluding hydrogens is 260 g/mol. The number of hydrogen-bond donors (Lipinski definition) is 0. The summed E-state index contributed by atoms with van der Waals surface area (Å²) in [7, 11) is 0. The predicted molar refractivity (Wildman–Crippen MR) is 72.7 cm³/mol. The lowest BCUT2D eigenvalue weighted by Crippen LogP contribution is -2.03. The van der Waals surface area contributed by atoms with Crippen molar-refractivity contribution in [1.82, 2.24) is 0 Å². The zero-order chi connectivity index (χ0) is 14.7. The van der Waals surface area contributed by atoms with Gasteiger partial charge in [-0.25, -0.2) is 0 Å². The Morgan fingerprint density at radius 2 is 1.85 bits per heavy atom. The van der Waals surface area contributed by atoms with Crippen LogP contribution in [0.1, 0.15) is 16.7 Å². The molecule has 2 nitrogen and oxygen atoms in total. The molecule has 0 heterocycles. The van der Waals surface area contributed by atoms with Gasteiger partial charge in [-0.2, -0.15) is 14.0 Å². The maximum Gasteiger partial charge on any atom is 0.387 e. The van der Waals surface area contributed by atoms with Crippen LogP contribution in [-0.4, -0.2) is 6.61 Å². The van der Waals surface area contributed by atoms with Crippen molar-refractivity contribution in [2.24, 2.45) is 0 Å². The zero-order valence-corrected chi connectivity index (χ0v) is 11.2. The van der Waals surface area contributed by atoms with E-state index >= 15 is 0 Å². The summed E-state index contributed by atoms with van der Waals surface area (Å²) >= 11 is 0. The van der Waals surface area contributed by atoms with E-state index in [0.717, 1.165) is 22.3 Å². The van der Waals surface area contributed by atoms with Crippen LogP contribution in [0.4, 0.5) is 8.78 Å². The lowest BCUT2D eigenvalue weighted by molar-refractivity contribution is -0.0500. The molecule has 0 aliphatic carbocycles. The molecule has 0 aromatic heterocycles. The SMILES string of the molecule is Cc1ccc(C)c(-c2ccc(C#N)c(OC(F)F)c2)c1. The van der Waals surface area contributed by atoms with E-state index in [1.165, 1.54) is 12.1 Å². The highest BCUT2D eigenvalue weighted by molar-refractivity contribution is 5.70. The van der Waals surface area contributed by atoms with Gasteiger partial charge in [0.1, 0.15) is 11.8 Å². The Balaban J connectivity index is 2.53. The first-order valence-electron chi connectivity index (χ1n) is 6.08. The van der Waals surface area contributed by atoms with E-state index in [4.69, 9.17) is 5.26 Å². The summed E-state index contributed by atoms with van der Waals surface area (Å²) < 4.78 is 29.2. The minimum Gasteiger partial charge on any atom is -0.433 e. The van der Waals surface area contributed by atoms with Crippen LogP contribution >= 0.6 is 0 Å². The molecule has 0 saturated carbocycles.